The van der Waals surface area contributed by atoms with E-state index >= 15 is 0 Å². The van der Waals surface area contributed by atoms with Crippen molar-refractivity contribution in [3.8, 4) is 0 Å². The number of halogens is 2. The fourth-order valence-corrected chi connectivity index (χ4v) is 2.00. The van der Waals surface area contributed by atoms with Crippen LogP contribution in [0.1, 0.15) is 0 Å². The molecule has 0 aromatic carbocycles. The summed E-state index contributed by atoms with van der Waals surface area (Å²) in [5.74, 6) is 0. The SMILES string of the molecule is Cn1sc(Cl)c(Br)c1=O. The third kappa shape index (κ3) is 1.20. The van der Waals surface area contributed by atoms with Crippen LogP contribution < -0.4 is 5.56 Å². The van der Waals surface area contributed by atoms with Crippen molar-refractivity contribution in [3.05, 3.63) is 19.2 Å². The number of nitrogens with zero attached hydrogens (tertiary/aromatic N) is 1. The number of hydrogen-bond acceptors (Lipinski definition) is 2. The van der Waals surface area contributed by atoms with Gasteiger partial charge in [-0.3, -0.25) is 8.75 Å². The Hall–Kier alpha value is 0.200. The number of hydrogen-bond donors (Lipinski definition) is 0. The van der Waals surface area contributed by atoms with E-state index in [1.807, 2.05) is 0 Å². The predicted molar refractivity (Wildman–Crippen MR) is 42.3 cm³/mol. The summed E-state index contributed by atoms with van der Waals surface area (Å²) < 4.78 is 2.42. The second-order valence-electron chi connectivity index (χ2n) is 1.48. The van der Waals surface area contributed by atoms with Gasteiger partial charge in [-0.05, 0) is 27.5 Å². The van der Waals surface area contributed by atoms with Gasteiger partial charge in [0.15, 0.2) is 0 Å². The van der Waals surface area contributed by atoms with Gasteiger partial charge in [0, 0.05) is 7.05 Å². The number of aryl methyl sites for hydroxylation is 1. The van der Waals surface area contributed by atoms with Crippen LogP contribution in [0.15, 0.2) is 9.27 Å². The quantitative estimate of drug-likeness (QED) is 0.664. The first-order valence-electron chi connectivity index (χ1n) is 2.14. The first-order valence-corrected chi connectivity index (χ1v) is 4.08. The molecule has 0 fully saturated rings. The minimum atomic E-state index is -0.0787. The van der Waals surface area contributed by atoms with E-state index in [0.717, 1.165) is 0 Å². The molecule has 1 aromatic heterocycles. The number of rotatable bonds is 0. The fourth-order valence-electron chi connectivity index (χ4n) is 0.424. The number of aromatic nitrogens is 1. The summed E-state index contributed by atoms with van der Waals surface area (Å²) in [5.41, 5.74) is -0.0787. The van der Waals surface area contributed by atoms with E-state index < -0.39 is 0 Å². The van der Waals surface area contributed by atoms with Gasteiger partial charge in [0.1, 0.15) is 8.81 Å². The zero-order valence-electron chi connectivity index (χ0n) is 4.52. The van der Waals surface area contributed by atoms with E-state index in [1.54, 1.807) is 7.05 Å². The topological polar surface area (TPSA) is 22.0 Å². The summed E-state index contributed by atoms with van der Waals surface area (Å²) in [5, 5.41) is 0. The highest BCUT2D eigenvalue weighted by atomic mass is 79.9. The Morgan fingerprint density at radius 1 is 1.78 bits per heavy atom. The van der Waals surface area contributed by atoms with Gasteiger partial charge in [-0.15, -0.1) is 0 Å². The monoisotopic (exact) mass is 227 g/mol. The zero-order chi connectivity index (χ0) is 7.02. The Balaban J connectivity index is 3.48. The van der Waals surface area contributed by atoms with Crippen molar-refractivity contribution in [1.29, 1.82) is 0 Å². The molecular weight excluding hydrogens is 225 g/mol. The van der Waals surface area contributed by atoms with E-state index in [4.69, 9.17) is 11.6 Å². The van der Waals surface area contributed by atoms with Crippen molar-refractivity contribution < 1.29 is 0 Å². The van der Waals surface area contributed by atoms with Crippen LogP contribution in [0.4, 0.5) is 0 Å². The van der Waals surface area contributed by atoms with Gasteiger partial charge in [-0.25, -0.2) is 0 Å². The summed E-state index contributed by atoms with van der Waals surface area (Å²) in [4.78, 5) is 10.8. The summed E-state index contributed by atoms with van der Waals surface area (Å²) in [6.07, 6.45) is 0. The molecule has 5 heteroatoms. The van der Waals surface area contributed by atoms with Crippen molar-refractivity contribution in [1.82, 2.24) is 3.96 Å². The van der Waals surface area contributed by atoms with Gasteiger partial charge in [-0.2, -0.15) is 0 Å². The third-order valence-corrected chi connectivity index (χ3v) is 3.29. The molecule has 0 atom stereocenters. The molecule has 0 spiro atoms. The molecule has 0 unspecified atom stereocenters. The molecule has 50 valence electrons. The molecule has 2 nitrogen and oxygen atoms in total. The predicted octanol–water partition coefficient (Wildman–Crippen LogP) is 1.86. The smallest absolute Gasteiger partial charge is 0.267 e. The molecule has 0 aliphatic carbocycles. The lowest BCUT2D eigenvalue weighted by molar-refractivity contribution is 0.975. The summed E-state index contributed by atoms with van der Waals surface area (Å²) in [6, 6.07) is 0. The summed E-state index contributed by atoms with van der Waals surface area (Å²) >= 11 is 9.85. The molecule has 0 amide bonds. The Morgan fingerprint density at radius 3 is 2.44 bits per heavy atom. The first kappa shape index (κ1) is 7.31. The molecule has 1 heterocycles. The fraction of sp³-hybridized carbons (Fsp3) is 0.250. The molecule has 1 rings (SSSR count). The van der Waals surface area contributed by atoms with Crippen molar-refractivity contribution in [2.45, 2.75) is 0 Å². The molecule has 0 aliphatic rings. The van der Waals surface area contributed by atoms with Gasteiger partial charge in [-0.1, -0.05) is 11.6 Å². The van der Waals surface area contributed by atoms with E-state index in [2.05, 4.69) is 15.9 Å². The molecule has 9 heavy (non-hydrogen) atoms. The average molecular weight is 228 g/mol. The minimum Gasteiger partial charge on any atom is -0.267 e. The maximum Gasteiger partial charge on any atom is 0.276 e. The molecule has 1 aromatic rings. The Labute approximate surface area is 69.3 Å². The van der Waals surface area contributed by atoms with Crippen LogP contribution in [0, 0.1) is 0 Å². The van der Waals surface area contributed by atoms with Crippen LogP contribution >= 0.6 is 39.1 Å². The van der Waals surface area contributed by atoms with Crippen molar-refractivity contribution >= 4 is 39.1 Å². The van der Waals surface area contributed by atoms with Crippen LogP contribution in [-0.2, 0) is 7.05 Å². The maximum atomic E-state index is 10.8. The van der Waals surface area contributed by atoms with Crippen LogP contribution in [0.25, 0.3) is 0 Å². The molecular formula is C4H3BrClNOS. The zero-order valence-corrected chi connectivity index (χ0v) is 7.68. The van der Waals surface area contributed by atoms with Crippen molar-refractivity contribution in [2.24, 2.45) is 7.05 Å². The van der Waals surface area contributed by atoms with Crippen LogP contribution in [0.2, 0.25) is 4.34 Å². The van der Waals surface area contributed by atoms with Crippen LogP contribution in [-0.4, -0.2) is 3.96 Å². The highest BCUT2D eigenvalue weighted by Crippen LogP contribution is 2.22. The molecule has 0 saturated carbocycles. The van der Waals surface area contributed by atoms with Crippen molar-refractivity contribution in [2.75, 3.05) is 0 Å². The van der Waals surface area contributed by atoms with Gasteiger partial charge in [0.2, 0.25) is 0 Å². The maximum absolute atomic E-state index is 10.8. The van der Waals surface area contributed by atoms with E-state index in [1.165, 1.54) is 15.5 Å². The van der Waals surface area contributed by atoms with Gasteiger partial charge >= 0.3 is 0 Å². The second-order valence-corrected chi connectivity index (χ2v) is 4.02. The third-order valence-electron chi connectivity index (χ3n) is 0.863. The molecule has 0 aliphatic heterocycles. The Kier molecular flexibility index (Phi) is 1.98. The van der Waals surface area contributed by atoms with E-state index in [0.29, 0.717) is 8.81 Å². The largest absolute Gasteiger partial charge is 0.276 e. The van der Waals surface area contributed by atoms with Crippen LogP contribution in [0.3, 0.4) is 0 Å². The lowest BCUT2D eigenvalue weighted by Crippen LogP contribution is -2.07. The first-order chi connectivity index (χ1) is 4.13. The molecule has 0 saturated heterocycles. The van der Waals surface area contributed by atoms with Gasteiger partial charge < -0.3 is 0 Å². The molecule has 0 radical (unpaired) electrons. The summed E-state index contributed by atoms with van der Waals surface area (Å²) in [6.45, 7) is 0. The van der Waals surface area contributed by atoms with Crippen LogP contribution in [0.5, 0.6) is 0 Å². The standard InChI is InChI=1S/C4H3BrClNOS/c1-7-4(8)2(5)3(6)9-7/h1H3. The van der Waals surface area contributed by atoms with E-state index in [-0.39, 0.29) is 5.56 Å². The highest BCUT2D eigenvalue weighted by Gasteiger charge is 2.05. The average Bonchev–Trinajstić information content (AvgIpc) is 1.98. The van der Waals surface area contributed by atoms with E-state index in [9.17, 15) is 4.79 Å². The van der Waals surface area contributed by atoms with Crippen molar-refractivity contribution in [3.63, 3.8) is 0 Å². The summed E-state index contributed by atoms with van der Waals surface area (Å²) in [7, 11) is 1.67. The van der Waals surface area contributed by atoms with Gasteiger partial charge in [0.05, 0.1) is 0 Å². The highest BCUT2D eigenvalue weighted by molar-refractivity contribution is 9.10. The van der Waals surface area contributed by atoms with Gasteiger partial charge in [0.25, 0.3) is 5.56 Å². The lowest BCUT2D eigenvalue weighted by atomic mass is 10.7. The molecule has 0 N–H and O–H groups in total. The normalized spacial score (nSPS) is 10.1. The second kappa shape index (κ2) is 2.44. The molecule has 0 bridgehead atoms. The minimum absolute atomic E-state index is 0.0787. The Bertz CT molecular complexity index is 279. The Morgan fingerprint density at radius 2 is 2.33 bits per heavy atom. The lowest BCUT2D eigenvalue weighted by Gasteiger charge is -1.77.